The molecule has 1 atom stereocenters. The van der Waals surface area contributed by atoms with Gasteiger partial charge in [-0.3, -0.25) is 4.79 Å². The zero-order valence-corrected chi connectivity index (χ0v) is 15.9. The van der Waals surface area contributed by atoms with Gasteiger partial charge in [-0.25, -0.2) is 4.79 Å². The molecule has 0 bridgehead atoms. The monoisotopic (exact) mass is 378 g/mol. The summed E-state index contributed by atoms with van der Waals surface area (Å²) < 4.78 is 15.5. The standard InChI is InChI=1S/C23H22O5/c1-16(23(25)26-2)18-8-9-20-13-21(11-10-19(20)12-18)28-22(24)15-27-14-17-6-4-3-5-7-17/h3-13,16H,14-15H2,1-2H3/t16-/m1/s1. The third-order valence-corrected chi connectivity index (χ3v) is 4.45. The van der Waals surface area contributed by atoms with Crippen molar-refractivity contribution in [3.8, 4) is 5.75 Å². The summed E-state index contributed by atoms with van der Waals surface area (Å²) in [5.41, 5.74) is 1.87. The Morgan fingerprint density at radius 3 is 2.39 bits per heavy atom. The molecule has 28 heavy (non-hydrogen) atoms. The van der Waals surface area contributed by atoms with Crippen molar-refractivity contribution in [2.75, 3.05) is 13.7 Å². The minimum atomic E-state index is -0.453. The minimum Gasteiger partial charge on any atom is -0.469 e. The van der Waals surface area contributed by atoms with E-state index in [-0.39, 0.29) is 18.5 Å². The van der Waals surface area contributed by atoms with Gasteiger partial charge >= 0.3 is 11.9 Å². The van der Waals surface area contributed by atoms with Crippen LogP contribution in [0.3, 0.4) is 0 Å². The van der Waals surface area contributed by atoms with E-state index < -0.39 is 5.97 Å². The van der Waals surface area contributed by atoms with Crippen LogP contribution in [0.25, 0.3) is 10.8 Å². The Balaban J connectivity index is 1.60. The number of hydrogen-bond acceptors (Lipinski definition) is 5. The molecule has 0 aliphatic carbocycles. The highest BCUT2D eigenvalue weighted by atomic mass is 16.6. The van der Waals surface area contributed by atoms with Gasteiger partial charge in [0.15, 0.2) is 0 Å². The maximum absolute atomic E-state index is 12.0. The first kappa shape index (κ1) is 19.6. The molecule has 0 spiro atoms. The lowest BCUT2D eigenvalue weighted by Gasteiger charge is -2.11. The SMILES string of the molecule is COC(=O)[C@H](C)c1ccc2cc(OC(=O)COCc3ccccc3)ccc2c1. The highest BCUT2D eigenvalue weighted by molar-refractivity contribution is 5.87. The Bertz CT molecular complexity index is 965. The van der Waals surface area contributed by atoms with Crippen molar-refractivity contribution in [3.05, 3.63) is 77.9 Å². The highest BCUT2D eigenvalue weighted by Gasteiger charge is 2.16. The molecule has 5 heteroatoms. The van der Waals surface area contributed by atoms with Crippen molar-refractivity contribution >= 4 is 22.7 Å². The third-order valence-electron chi connectivity index (χ3n) is 4.45. The van der Waals surface area contributed by atoms with E-state index in [2.05, 4.69) is 0 Å². The zero-order chi connectivity index (χ0) is 19.9. The van der Waals surface area contributed by atoms with E-state index in [1.807, 2.05) is 54.6 Å². The molecular weight excluding hydrogens is 356 g/mol. The van der Waals surface area contributed by atoms with Crippen molar-refractivity contribution in [2.24, 2.45) is 0 Å². The smallest absolute Gasteiger partial charge is 0.337 e. The van der Waals surface area contributed by atoms with Crippen LogP contribution in [-0.4, -0.2) is 25.7 Å². The molecule has 0 radical (unpaired) electrons. The summed E-state index contributed by atoms with van der Waals surface area (Å²) >= 11 is 0. The van der Waals surface area contributed by atoms with Crippen molar-refractivity contribution in [1.29, 1.82) is 0 Å². The first-order valence-electron chi connectivity index (χ1n) is 9.00. The number of carbonyl (C=O) groups excluding carboxylic acids is 2. The van der Waals surface area contributed by atoms with Crippen LogP contribution in [0.4, 0.5) is 0 Å². The molecule has 144 valence electrons. The third kappa shape index (κ3) is 4.96. The van der Waals surface area contributed by atoms with Gasteiger partial charge in [0, 0.05) is 0 Å². The molecule has 0 saturated carbocycles. The quantitative estimate of drug-likeness (QED) is 0.455. The molecule has 3 aromatic carbocycles. The summed E-state index contributed by atoms with van der Waals surface area (Å²) in [7, 11) is 1.38. The van der Waals surface area contributed by atoms with E-state index in [0.717, 1.165) is 21.9 Å². The van der Waals surface area contributed by atoms with Gasteiger partial charge < -0.3 is 14.2 Å². The lowest BCUT2D eigenvalue weighted by Crippen LogP contribution is -2.15. The summed E-state index contributed by atoms with van der Waals surface area (Å²) in [6.45, 7) is 2.04. The molecular formula is C23H22O5. The van der Waals surface area contributed by atoms with E-state index in [1.54, 1.807) is 19.1 Å². The Morgan fingerprint density at radius 1 is 0.929 bits per heavy atom. The van der Waals surface area contributed by atoms with Crippen molar-refractivity contribution < 1.29 is 23.8 Å². The predicted molar refractivity (Wildman–Crippen MR) is 106 cm³/mol. The molecule has 0 aliphatic heterocycles. The molecule has 3 aromatic rings. The van der Waals surface area contributed by atoms with Gasteiger partial charge in [-0.1, -0.05) is 54.6 Å². The van der Waals surface area contributed by atoms with Crippen LogP contribution in [0.1, 0.15) is 24.0 Å². The minimum absolute atomic E-state index is 0.123. The average molecular weight is 378 g/mol. The predicted octanol–water partition coefficient (Wildman–Crippen LogP) is 4.24. The number of carbonyl (C=O) groups is 2. The normalized spacial score (nSPS) is 11.8. The van der Waals surface area contributed by atoms with E-state index in [1.165, 1.54) is 7.11 Å². The Kier molecular flexibility index (Phi) is 6.40. The molecule has 0 aliphatic rings. The molecule has 0 N–H and O–H groups in total. The fraction of sp³-hybridized carbons (Fsp3) is 0.217. The maximum Gasteiger partial charge on any atom is 0.337 e. The summed E-state index contributed by atoms with van der Waals surface area (Å²) in [5, 5.41) is 1.87. The molecule has 0 saturated heterocycles. The zero-order valence-electron chi connectivity index (χ0n) is 15.9. The maximum atomic E-state index is 12.0. The van der Waals surface area contributed by atoms with Gasteiger partial charge in [0.2, 0.25) is 0 Å². The second-order valence-electron chi connectivity index (χ2n) is 6.47. The Morgan fingerprint density at radius 2 is 1.64 bits per heavy atom. The van der Waals surface area contributed by atoms with E-state index in [4.69, 9.17) is 14.2 Å². The molecule has 0 unspecified atom stereocenters. The van der Waals surface area contributed by atoms with Gasteiger partial charge in [0.25, 0.3) is 0 Å². The Labute approximate surface area is 163 Å². The highest BCUT2D eigenvalue weighted by Crippen LogP contribution is 2.26. The van der Waals surface area contributed by atoms with Crippen molar-refractivity contribution in [1.82, 2.24) is 0 Å². The van der Waals surface area contributed by atoms with Gasteiger partial charge in [-0.05, 0) is 41.0 Å². The van der Waals surface area contributed by atoms with Crippen molar-refractivity contribution in [3.63, 3.8) is 0 Å². The number of benzene rings is 3. The van der Waals surface area contributed by atoms with E-state index >= 15 is 0 Å². The van der Waals surface area contributed by atoms with Crippen LogP contribution < -0.4 is 4.74 Å². The first-order chi connectivity index (χ1) is 13.6. The molecule has 0 heterocycles. The number of ether oxygens (including phenoxy) is 3. The summed E-state index contributed by atoms with van der Waals surface area (Å²) in [4.78, 5) is 23.7. The van der Waals surface area contributed by atoms with Gasteiger partial charge in [-0.2, -0.15) is 0 Å². The summed E-state index contributed by atoms with van der Waals surface area (Å²) in [6, 6.07) is 20.7. The lowest BCUT2D eigenvalue weighted by molar-refractivity contribution is -0.142. The fourth-order valence-electron chi connectivity index (χ4n) is 2.88. The number of esters is 2. The van der Waals surface area contributed by atoms with E-state index in [9.17, 15) is 9.59 Å². The van der Waals surface area contributed by atoms with Crippen LogP contribution in [0.2, 0.25) is 0 Å². The number of rotatable bonds is 7. The molecule has 0 amide bonds. The first-order valence-corrected chi connectivity index (χ1v) is 9.00. The van der Waals surface area contributed by atoms with Crippen LogP contribution >= 0.6 is 0 Å². The van der Waals surface area contributed by atoms with Gasteiger partial charge in [-0.15, -0.1) is 0 Å². The van der Waals surface area contributed by atoms with Crippen LogP contribution in [-0.2, 0) is 25.7 Å². The largest absolute Gasteiger partial charge is 0.469 e. The van der Waals surface area contributed by atoms with Gasteiger partial charge in [0.1, 0.15) is 12.4 Å². The molecule has 0 aromatic heterocycles. The molecule has 3 rings (SSSR count). The molecule has 5 nitrogen and oxygen atoms in total. The topological polar surface area (TPSA) is 61.8 Å². The second-order valence-corrected chi connectivity index (χ2v) is 6.47. The fourth-order valence-corrected chi connectivity index (χ4v) is 2.88. The van der Waals surface area contributed by atoms with Crippen LogP contribution in [0.5, 0.6) is 5.75 Å². The number of methoxy groups -OCH3 is 1. The number of hydrogen-bond donors (Lipinski definition) is 0. The Hall–Kier alpha value is -3.18. The second kappa shape index (κ2) is 9.15. The lowest BCUT2D eigenvalue weighted by atomic mass is 9.98. The van der Waals surface area contributed by atoms with E-state index in [0.29, 0.717) is 12.4 Å². The summed E-state index contributed by atoms with van der Waals surface area (Å²) in [5.74, 6) is -0.616. The van der Waals surface area contributed by atoms with Crippen molar-refractivity contribution in [2.45, 2.75) is 19.4 Å². The molecule has 0 fully saturated rings. The summed E-state index contributed by atoms with van der Waals surface area (Å²) in [6.07, 6.45) is 0. The number of fused-ring (bicyclic) bond motifs is 1. The van der Waals surface area contributed by atoms with Crippen LogP contribution in [0.15, 0.2) is 66.7 Å². The van der Waals surface area contributed by atoms with Crippen LogP contribution in [0, 0.1) is 0 Å². The average Bonchev–Trinajstić information content (AvgIpc) is 2.73. The van der Waals surface area contributed by atoms with Gasteiger partial charge in [0.05, 0.1) is 19.6 Å².